The average molecular weight is 290 g/mol. The first-order chi connectivity index (χ1) is 9.18. The van der Waals surface area contributed by atoms with Crippen LogP contribution in [-0.4, -0.2) is 11.3 Å². The maximum atomic E-state index is 12.4. The van der Waals surface area contributed by atoms with E-state index >= 15 is 0 Å². The lowest BCUT2D eigenvalue weighted by Gasteiger charge is -2.31. The van der Waals surface area contributed by atoms with Gasteiger partial charge in [-0.2, -0.15) is 0 Å². The van der Waals surface area contributed by atoms with Crippen LogP contribution in [-0.2, 0) is 4.79 Å². The molecule has 0 radical (unpaired) electrons. The van der Waals surface area contributed by atoms with Crippen molar-refractivity contribution in [2.75, 3.05) is 4.90 Å². The fourth-order valence-electron chi connectivity index (χ4n) is 2.12. The third kappa shape index (κ3) is 2.13. The Hall–Kier alpha value is -1.45. The number of halogens is 1. The lowest BCUT2D eigenvalue weighted by atomic mass is 10.2. The Morgan fingerprint density at radius 2 is 1.53 bits per heavy atom. The predicted molar refractivity (Wildman–Crippen MR) is 79.5 cm³/mol. The summed E-state index contributed by atoms with van der Waals surface area (Å²) in [6.45, 7) is 1.71. The van der Waals surface area contributed by atoms with Gasteiger partial charge in [0.05, 0.1) is 11.4 Å². The number of amides is 1. The number of carbonyl (C=O) groups is 1. The van der Waals surface area contributed by atoms with Crippen molar-refractivity contribution in [3.05, 3.63) is 48.5 Å². The molecule has 3 rings (SSSR count). The van der Waals surface area contributed by atoms with Gasteiger partial charge in [0.1, 0.15) is 5.38 Å². The van der Waals surface area contributed by atoms with Crippen LogP contribution in [0.5, 0.6) is 0 Å². The van der Waals surface area contributed by atoms with E-state index in [2.05, 4.69) is 0 Å². The minimum atomic E-state index is -0.552. The van der Waals surface area contributed by atoms with Gasteiger partial charge in [-0.3, -0.25) is 9.69 Å². The molecular weight excluding hydrogens is 278 g/mol. The minimum Gasteiger partial charge on any atom is -0.277 e. The molecule has 2 aromatic carbocycles. The number of alkyl halides is 1. The van der Waals surface area contributed by atoms with Crippen LogP contribution in [0.4, 0.5) is 11.4 Å². The number of nitrogens with zero attached hydrogens (tertiary/aromatic N) is 1. The standard InChI is InChI=1S/C15H12ClNOS/c1-10(16)15(18)17-11-6-2-4-8-13(11)19-14-9-5-3-7-12(14)17/h2-10H,1H3/t10-/m1/s1. The summed E-state index contributed by atoms with van der Waals surface area (Å²) >= 11 is 7.67. The van der Waals surface area contributed by atoms with E-state index in [-0.39, 0.29) is 5.91 Å². The van der Waals surface area contributed by atoms with Gasteiger partial charge in [-0.05, 0) is 31.2 Å². The van der Waals surface area contributed by atoms with Crippen molar-refractivity contribution in [1.29, 1.82) is 0 Å². The Bertz CT molecular complexity index is 596. The molecule has 0 bridgehead atoms. The highest BCUT2D eigenvalue weighted by Crippen LogP contribution is 2.48. The molecule has 2 nitrogen and oxygen atoms in total. The Balaban J connectivity index is 2.19. The van der Waals surface area contributed by atoms with Gasteiger partial charge in [0, 0.05) is 9.79 Å². The molecule has 1 aliphatic rings. The largest absolute Gasteiger partial charge is 0.277 e. The summed E-state index contributed by atoms with van der Waals surface area (Å²) in [6.07, 6.45) is 0. The molecule has 1 amide bonds. The SMILES string of the molecule is C[C@@H](Cl)C(=O)N1c2ccccc2Sc2ccccc21. The van der Waals surface area contributed by atoms with Crippen molar-refractivity contribution >= 4 is 40.6 Å². The number of benzene rings is 2. The maximum Gasteiger partial charge on any atom is 0.249 e. The smallest absolute Gasteiger partial charge is 0.249 e. The van der Waals surface area contributed by atoms with Crippen molar-refractivity contribution in [3.8, 4) is 0 Å². The normalized spacial score (nSPS) is 14.5. The summed E-state index contributed by atoms with van der Waals surface area (Å²) in [4.78, 5) is 16.3. The third-order valence-corrected chi connectivity index (χ3v) is 4.31. The molecule has 96 valence electrons. The minimum absolute atomic E-state index is 0.0955. The molecule has 0 saturated heterocycles. The van der Waals surface area contributed by atoms with Crippen LogP contribution >= 0.6 is 23.4 Å². The number of rotatable bonds is 1. The summed E-state index contributed by atoms with van der Waals surface area (Å²) < 4.78 is 0. The number of hydrogen-bond acceptors (Lipinski definition) is 2. The predicted octanol–water partition coefficient (Wildman–Crippen LogP) is 4.44. The molecule has 1 aliphatic heterocycles. The zero-order valence-corrected chi connectivity index (χ0v) is 11.9. The number of fused-ring (bicyclic) bond motifs is 2. The van der Waals surface area contributed by atoms with E-state index in [1.807, 2.05) is 48.5 Å². The molecule has 19 heavy (non-hydrogen) atoms. The Kier molecular flexibility index (Phi) is 3.25. The molecule has 0 N–H and O–H groups in total. The first-order valence-corrected chi connectivity index (χ1v) is 7.28. The zero-order valence-electron chi connectivity index (χ0n) is 10.3. The molecular formula is C15H12ClNOS. The molecule has 0 saturated carbocycles. The van der Waals surface area contributed by atoms with Crippen molar-refractivity contribution < 1.29 is 4.79 Å². The van der Waals surface area contributed by atoms with Crippen molar-refractivity contribution in [1.82, 2.24) is 0 Å². The third-order valence-electron chi connectivity index (χ3n) is 2.99. The topological polar surface area (TPSA) is 20.3 Å². The fourth-order valence-corrected chi connectivity index (χ4v) is 3.28. The van der Waals surface area contributed by atoms with Crippen LogP contribution < -0.4 is 4.90 Å². The Labute approximate surface area is 121 Å². The summed E-state index contributed by atoms with van der Waals surface area (Å²) in [6, 6.07) is 15.8. The molecule has 0 unspecified atom stereocenters. The Morgan fingerprint density at radius 3 is 2.00 bits per heavy atom. The van der Waals surface area contributed by atoms with Gasteiger partial charge in [0.2, 0.25) is 5.91 Å². The van der Waals surface area contributed by atoms with E-state index in [1.54, 1.807) is 23.6 Å². The lowest BCUT2D eigenvalue weighted by Crippen LogP contribution is -2.33. The van der Waals surface area contributed by atoms with E-state index in [9.17, 15) is 4.79 Å². The van der Waals surface area contributed by atoms with Crippen LogP contribution in [0.1, 0.15) is 6.92 Å². The molecule has 0 aromatic heterocycles. The van der Waals surface area contributed by atoms with Gasteiger partial charge >= 0.3 is 0 Å². The number of hydrogen-bond donors (Lipinski definition) is 0. The molecule has 0 fully saturated rings. The number of para-hydroxylation sites is 2. The van der Waals surface area contributed by atoms with E-state index in [0.29, 0.717) is 0 Å². The van der Waals surface area contributed by atoms with E-state index in [0.717, 1.165) is 21.2 Å². The van der Waals surface area contributed by atoms with Crippen molar-refractivity contribution in [3.63, 3.8) is 0 Å². The molecule has 1 atom stereocenters. The second-order valence-corrected chi connectivity index (χ2v) is 6.07. The van der Waals surface area contributed by atoms with Crippen LogP contribution in [0, 0.1) is 0 Å². The second kappa shape index (κ2) is 4.91. The van der Waals surface area contributed by atoms with Gasteiger partial charge in [-0.25, -0.2) is 0 Å². The molecule has 0 spiro atoms. The fraction of sp³-hybridized carbons (Fsp3) is 0.133. The Morgan fingerprint density at radius 1 is 1.05 bits per heavy atom. The molecule has 0 aliphatic carbocycles. The zero-order chi connectivity index (χ0) is 13.4. The summed E-state index contributed by atoms with van der Waals surface area (Å²) in [5.41, 5.74) is 1.81. The quantitative estimate of drug-likeness (QED) is 0.723. The molecule has 4 heteroatoms. The van der Waals surface area contributed by atoms with Gasteiger partial charge in [-0.1, -0.05) is 36.0 Å². The lowest BCUT2D eigenvalue weighted by molar-refractivity contribution is -0.117. The maximum absolute atomic E-state index is 12.4. The highest BCUT2D eigenvalue weighted by atomic mass is 35.5. The molecule has 1 heterocycles. The monoisotopic (exact) mass is 289 g/mol. The van der Waals surface area contributed by atoms with Gasteiger partial charge in [0.15, 0.2) is 0 Å². The number of anilines is 2. The first-order valence-electron chi connectivity index (χ1n) is 6.02. The van der Waals surface area contributed by atoms with E-state index < -0.39 is 5.38 Å². The highest BCUT2D eigenvalue weighted by molar-refractivity contribution is 7.99. The summed E-state index contributed by atoms with van der Waals surface area (Å²) in [5.74, 6) is -0.0955. The van der Waals surface area contributed by atoms with Gasteiger partial charge in [-0.15, -0.1) is 11.6 Å². The molecule has 2 aromatic rings. The van der Waals surface area contributed by atoms with Crippen molar-refractivity contribution in [2.45, 2.75) is 22.1 Å². The van der Waals surface area contributed by atoms with Crippen LogP contribution in [0.2, 0.25) is 0 Å². The summed E-state index contributed by atoms with van der Waals surface area (Å²) in [7, 11) is 0. The highest BCUT2D eigenvalue weighted by Gasteiger charge is 2.29. The summed E-state index contributed by atoms with van der Waals surface area (Å²) in [5, 5.41) is -0.552. The van der Waals surface area contributed by atoms with Gasteiger partial charge < -0.3 is 0 Å². The van der Waals surface area contributed by atoms with Crippen molar-refractivity contribution in [2.24, 2.45) is 0 Å². The van der Waals surface area contributed by atoms with E-state index in [4.69, 9.17) is 11.6 Å². The van der Waals surface area contributed by atoms with Crippen LogP contribution in [0.3, 0.4) is 0 Å². The van der Waals surface area contributed by atoms with Gasteiger partial charge in [0.25, 0.3) is 0 Å². The van der Waals surface area contributed by atoms with E-state index in [1.165, 1.54) is 0 Å². The average Bonchev–Trinajstić information content (AvgIpc) is 2.43. The first kappa shape index (κ1) is 12.6. The number of carbonyl (C=O) groups excluding carboxylic acids is 1. The second-order valence-electron chi connectivity index (χ2n) is 4.33. The van der Waals surface area contributed by atoms with Crippen LogP contribution in [0.15, 0.2) is 58.3 Å². The van der Waals surface area contributed by atoms with Crippen LogP contribution in [0.25, 0.3) is 0 Å².